The van der Waals surface area contributed by atoms with Crippen LogP contribution in [0.4, 0.5) is 4.39 Å². The molecule has 1 amide bonds. The average molecular weight is 317 g/mol. The average Bonchev–Trinajstić information content (AvgIpc) is 2.85. The van der Waals surface area contributed by atoms with Crippen molar-refractivity contribution in [3.05, 3.63) is 70.6 Å². The summed E-state index contributed by atoms with van der Waals surface area (Å²) in [6.07, 6.45) is 0. The molecule has 0 spiro atoms. The van der Waals surface area contributed by atoms with Gasteiger partial charge in [0.15, 0.2) is 0 Å². The van der Waals surface area contributed by atoms with Crippen LogP contribution in [0.5, 0.6) is 0 Å². The zero-order valence-corrected chi connectivity index (χ0v) is 12.6. The second kappa shape index (κ2) is 5.81. The van der Waals surface area contributed by atoms with Gasteiger partial charge in [-0.2, -0.15) is 0 Å². The van der Waals surface area contributed by atoms with Gasteiger partial charge in [0.05, 0.1) is 11.1 Å². The van der Waals surface area contributed by atoms with Crippen molar-refractivity contribution >= 4 is 28.4 Å². The van der Waals surface area contributed by atoms with Crippen LogP contribution in [0, 0.1) is 5.82 Å². The zero-order chi connectivity index (χ0) is 15.7. The molecule has 3 nitrogen and oxygen atoms in total. The molecular formula is C17H14ClFN2O. The fourth-order valence-electron chi connectivity index (χ4n) is 2.39. The van der Waals surface area contributed by atoms with Crippen molar-refractivity contribution in [2.75, 3.05) is 0 Å². The van der Waals surface area contributed by atoms with Gasteiger partial charge in [0.25, 0.3) is 5.91 Å². The molecule has 0 aliphatic heterocycles. The number of nitrogens with one attached hydrogen (secondary N) is 2. The molecule has 0 saturated carbocycles. The summed E-state index contributed by atoms with van der Waals surface area (Å²) >= 11 is 6.25. The summed E-state index contributed by atoms with van der Waals surface area (Å²) in [5.41, 5.74) is 1.81. The summed E-state index contributed by atoms with van der Waals surface area (Å²) < 4.78 is 13.3. The van der Waals surface area contributed by atoms with Crippen molar-refractivity contribution in [2.24, 2.45) is 0 Å². The van der Waals surface area contributed by atoms with Crippen LogP contribution in [0.15, 0.2) is 48.5 Å². The predicted molar refractivity (Wildman–Crippen MR) is 85.6 cm³/mol. The molecule has 5 heteroatoms. The van der Waals surface area contributed by atoms with Gasteiger partial charge in [0.1, 0.15) is 11.5 Å². The lowest BCUT2D eigenvalue weighted by atomic mass is 10.1. The van der Waals surface area contributed by atoms with E-state index in [0.29, 0.717) is 16.3 Å². The van der Waals surface area contributed by atoms with Crippen LogP contribution in [-0.2, 0) is 0 Å². The van der Waals surface area contributed by atoms with Gasteiger partial charge in [-0.25, -0.2) is 4.39 Å². The molecule has 0 saturated heterocycles. The molecule has 0 bridgehead atoms. The highest BCUT2D eigenvalue weighted by atomic mass is 35.5. The standard InChI is InChI=1S/C17H14ClFN2O/c1-10(11-5-4-6-12(19)9-11)20-17(22)16-15(18)13-7-2-3-8-14(13)21-16/h2-10,21H,1H3,(H,20,22)/t10-/m1/s1. The van der Waals surface area contributed by atoms with Gasteiger partial charge in [-0.3, -0.25) is 4.79 Å². The fourth-order valence-corrected chi connectivity index (χ4v) is 2.69. The van der Waals surface area contributed by atoms with Gasteiger partial charge in [0, 0.05) is 10.9 Å². The van der Waals surface area contributed by atoms with Crippen molar-refractivity contribution in [3.63, 3.8) is 0 Å². The molecule has 0 unspecified atom stereocenters. The molecular weight excluding hydrogens is 303 g/mol. The van der Waals surface area contributed by atoms with Gasteiger partial charge >= 0.3 is 0 Å². The van der Waals surface area contributed by atoms with Crippen LogP contribution in [0.3, 0.4) is 0 Å². The summed E-state index contributed by atoms with van der Waals surface area (Å²) in [5, 5.41) is 4.01. The number of hydrogen-bond acceptors (Lipinski definition) is 1. The van der Waals surface area contributed by atoms with Gasteiger partial charge in [-0.05, 0) is 30.7 Å². The normalized spacial score (nSPS) is 12.3. The molecule has 2 aromatic carbocycles. The third-order valence-electron chi connectivity index (χ3n) is 3.57. The minimum Gasteiger partial charge on any atom is -0.349 e. The Kier molecular flexibility index (Phi) is 3.86. The number of carbonyl (C=O) groups is 1. The zero-order valence-electron chi connectivity index (χ0n) is 11.9. The van der Waals surface area contributed by atoms with Crippen molar-refractivity contribution in [1.29, 1.82) is 0 Å². The van der Waals surface area contributed by atoms with Crippen molar-refractivity contribution < 1.29 is 9.18 Å². The first-order chi connectivity index (χ1) is 10.6. The third kappa shape index (κ3) is 2.70. The Morgan fingerprint density at radius 3 is 2.73 bits per heavy atom. The first-order valence-electron chi connectivity index (χ1n) is 6.89. The Hall–Kier alpha value is -2.33. The monoisotopic (exact) mass is 316 g/mol. The number of halogens is 2. The molecule has 3 rings (SSSR count). The van der Waals surface area contributed by atoms with Gasteiger partial charge in [-0.15, -0.1) is 0 Å². The minimum atomic E-state index is -0.331. The molecule has 3 aromatic rings. The number of hydrogen-bond donors (Lipinski definition) is 2. The molecule has 0 fully saturated rings. The summed E-state index contributed by atoms with van der Waals surface area (Å²) in [7, 11) is 0. The van der Waals surface area contributed by atoms with Crippen LogP contribution in [-0.4, -0.2) is 10.9 Å². The van der Waals surface area contributed by atoms with E-state index < -0.39 is 0 Å². The summed E-state index contributed by atoms with van der Waals surface area (Å²) in [6.45, 7) is 1.79. The first kappa shape index (κ1) is 14.6. The largest absolute Gasteiger partial charge is 0.349 e. The molecule has 0 aliphatic carbocycles. The minimum absolute atomic E-state index is 0.311. The van der Waals surface area contributed by atoms with E-state index in [-0.39, 0.29) is 17.8 Å². The van der Waals surface area contributed by atoms with E-state index >= 15 is 0 Å². The van der Waals surface area contributed by atoms with Crippen molar-refractivity contribution in [3.8, 4) is 0 Å². The number of aromatic amines is 1. The number of benzene rings is 2. The van der Waals surface area contributed by atoms with Crippen molar-refractivity contribution in [1.82, 2.24) is 10.3 Å². The maximum atomic E-state index is 13.3. The number of fused-ring (bicyclic) bond motifs is 1. The van der Waals surface area contributed by atoms with Crippen LogP contribution in [0.25, 0.3) is 10.9 Å². The Bertz CT molecular complexity index is 844. The SMILES string of the molecule is C[C@@H](NC(=O)c1[nH]c2ccccc2c1Cl)c1cccc(F)c1. The summed E-state index contributed by atoms with van der Waals surface area (Å²) in [6, 6.07) is 13.3. The van der Waals surface area contributed by atoms with Crippen molar-refractivity contribution in [2.45, 2.75) is 13.0 Å². The Morgan fingerprint density at radius 1 is 1.23 bits per heavy atom. The maximum Gasteiger partial charge on any atom is 0.269 e. The topological polar surface area (TPSA) is 44.9 Å². The highest BCUT2D eigenvalue weighted by Crippen LogP contribution is 2.27. The van der Waals surface area contributed by atoms with E-state index in [1.165, 1.54) is 12.1 Å². The lowest BCUT2D eigenvalue weighted by Gasteiger charge is -2.14. The van der Waals surface area contributed by atoms with Gasteiger partial charge in [-0.1, -0.05) is 41.9 Å². The lowest BCUT2D eigenvalue weighted by molar-refractivity contribution is 0.0935. The fraction of sp³-hybridized carbons (Fsp3) is 0.118. The molecule has 0 radical (unpaired) electrons. The highest BCUT2D eigenvalue weighted by molar-refractivity contribution is 6.38. The number of carbonyl (C=O) groups excluding carboxylic acids is 1. The number of H-pyrrole nitrogens is 1. The Morgan fingerprint density at radius 2 is 2.00 bits per heavy atom. The van der Waals surface area contributed by atoms with E-state index in [9.17, 15) is 9.18 Å². The van der Waals surface area contributed by atoms with E-state index in [1.807, 2.05) is 24.3 Å². The van der Waals surface area contributed by atoms with E-state index in [4.69, 9.17) is 11.6 Å². The number of para-hydroxylation sites is 1. The molecule has 22 heavy (non-hydrogen) atoms. The van der Waals surface area contributed by atoms with Gasteiger partial charge in [0.2, 0.25) is 0 Å². The van der Waals surface area contributed by atoms with Crippen LogP contribution in [0.2, 0.25) is 5.02 Å². The summed E-state index contributed by atoms with van der Waals surface area (Å²) in [5.74, 6) is -0.653. The molecule has 2 N–H and O–H groups in total. The van der Waals surface area contributed by atoms with E-state index in [1.54, 1.807) is 19.1 Å². The smallest absolute Gasteiger partial charge is 0.269 e. The maximum absolute atomic E-state index is 13.3. The predicted octanol–water partition coefficient (Wildman–Crippen LogP) is 4.45. The van der Waals surface area contributed by atoms with E-state index in [0.717, 1.165) is 10.9 Å². The van der Waals surface area contributed by atoms with E-state index in [2.05, 4.69) is 10.3 Å². The molecule has 112 valence electrons. The number of aromatic nitrogens is 1. The Labute approximate surface area is 132 Å². The molecule has 1 aromatic heterocycles. The molecule has 1 atom stereocenters. The van der Waals surface area contributed by atoms with Crippen LogP contribution >= 0.6 is 11.6 Å². The molecule has 0 aliphatic rings. The highest BCUT2D eigenvalue weighted by Gasteiger charge is 2.18. The first-order valence-corrected chi connectivity index (χ1v) is 7.26. The Balaban J connectivity index is 1.85. The van der Waals surface area contributed by atoms with Gasteiger partial charge < -0.3 is 10.3 Å². The quantitative estimate of drug-likeness (QED) is 0.736. The third-order valence-corrected chi connectivity index (χ3v) is 3.96. The second-order valence-corrected chi connectivity index (χ2v) is 5.49. The van der Waals surface area contributed by atoms with Crippen LogP contribution in [0.1, 0.15) is 29.0 Å². The lowest BCUT2D eigenvalue weighted by Crippen LogP contribution is -2.27. The second-order valence-electron chi connectivity index (χ2n) is 5.11. The summed E-state index contributed by atoms with van der Waals surface area (Å²) in [4.78, 5) is 15.4. The number of rotatable bonds is 3. The molecule has 1 heterocycles. The van der Waals surface area contributed by atoms with Crippen LogP contribution < -0.4 is 5.32 Å². The number of amides is 1.